The molecule has 1 aliphatic heterocycles. The Morgan fingerprint density at radius 2 is 2.19 bits per heavy atom. The van der Waals surface area contributed by atoms with Crippen LogP contribution in [0, 0.1) is 0 Å². The lowest BCUT2D eigenvalue weighted by Gasteiger charge is -2.09. The Kier molecular flexibility index (Phi) is 3.97. The van der Waals surface area contributed by atoms with Crippen molar-refractivity contribution < 1.29 is 14.3 Å². The summed E-state index contributed by atoms with van der Waals surface area (Å²) in [7, 11) is 1.62. The van der Waals surface area contributed by atoms with Gasteiger partial charge in [-0.15, -0.1) is 0 Å². The number of fused-ring (bicyclic) bond motifs is 1. The molecule has 0 atom stereocenters. The lowest BCUT2D eigenvalue weighted by atomic mass is 10.00. The van der Waals surface area contributed by atoms with Crippen molar-refractivity contribution in [3.63, 3.8) is 0 Å². The van der Waals surface area contributed by atoms with Crippen LogP contribution in [0.25, 0.3) is 0 Å². The number of halogens is 1. The molecule has 2 aromatic carbocycles. The molecule has 1 aliphatic rings. The van der Waals surface area contributed by atoms with Crippen molar-refractivity contribution in [2.75, 3.05) is 13.7 Å². The SMILES string of the molecule is COc1cccc(CC(=O)c2cc(Br)cc3c2OCC3)c1. The van der Waals surface area contributed by atoms with Gasteiger partial charge in [-0.3, -0.25) is 4.79 Å². The number of hydrogen-bond donors (Lipinski definition) is 0. The summed E-state index contributed by atoms with van der Waals surface area (Å²) in [5.74, 6) is 1.56. The molecule has 2 aromatic rings. The van der Waals surface area contributed by atoms with E-state index in [4.69, 9.17) is 9.47 Å². The van der Waals surface area contributed by atoms with Gasteiger partial charge in [0, 0.05) is 17.3 Å². The van der Waals surface area contributed by atoms with Crippen molar-refractivity contribution in [3.8, 4) is 11.5 Å². The zero-order valence-electron chi connectivity index (χ0n) is 11.7. The molecule has 0 fully saturated rings. The molecule has 3 rings (SSSR count). The summed E-state index contributed by atoms with van der Waals surface area (Å²) < 4.78 is 11.7. The first-order valence-corrected chi connectivity index (χ1v) is 7.58. The van der Waals surface area contributed by atoms with Crippen LogP contribution in [0.15, 0.2) is 40.9 Å². The van der Waals surface area contributed by atoms with E-state index in [1.807, 2.05) is 36.4 Å². The van der Waals surface area contributed by atoms with Gasteiger partial charge in [0.2, 0.25) is 0 Å². The van der Waals surface area contributed by atoms with E-state index in [0.29, 0.717) is 18.6 Å². The van der Waals surface area contributed by atoms with Crippen molar-refractivity contribution in [2.24, 2.45) is 0 Å². The Hall–Kier alpha value is -1.81. The maximum Gasteiger partial charge on any atom is 0.171 e. The summed E-state index contributed by atoms with van der Waals surface area (Å²) in [6.07, 6.45) is 1.19. The van der Waals surface area contributed by atoms with Gasteiger partial charge in [0.1, 0.15) is 11.5 Å². The molecule has 4 heteroatoms. The molecular formula is C17H15BrO3. The second-order valence-corrected chi connectivity index (χ2v) is 5.91. The summed E-state index contributed by atoms with van der Waals surface area (Å²) in [5.41, 5.74) is 2.68. The van der Waals surface area contributed by atoms with E-state index in [-0.39, 0.29) is 5.78 Å². The first-order valence-electron chi connectivity index (χ1n) is 6.79. The van der Waals surface area contributed by atoms with Gasteiger partial charge in [0.25, 0.3) is 0 Å². The number of carbonyl (C=O) groups excluding carboxylic acids is 1. The van der Waals surface area contributed by atoms with Gasteiger partial charge in [-0.25, -0.2) is 0 Å². The predicted octanol–water partition coefficient (Wildman–Crippen LogP) is 3.82. The Morgan fingerprint density at radius 1 is 1.33 bits per heavy atom. The lowest BCUT2D eigenvalue weighted by molar-refractivity contribution is 0.0990. The smallest absolute Gasteiger partial charge is 0.171 e. The third kappa shape index (κ3) is 2.95. The van der Waals surface area contributed by atoms with Crippen molar-refractivity contribution in [1.29, 1.82) is 0 Å². The highest BCUT2D eigenvalue weighted by molar-refractivity contribution is 9.10. The number of ketones is 1. The molecule has 0 N–H and O–H groups in total. The number of ether oxygens (including phenoxy) is 2. The van der Waals surface area contributed by atoms with Crippen molar-refractivity contribution in [2.45, 2.75) is 12.8 Å². The quantitative estimate of drug-likeness (QED) is 0.789. The van der Waals surface area contributed by atoms with Gasteiger partial charge in [-0.1, -0.05) is 28.1 Å². The van der Waals surface area contributed by atoms with Gasteiger partial charge in [0.15, 0.2) is 5.78 Å². The molecular weight excluding hydrogens is 332 g/mol. The molecule has 1 heterocycles. The zero-order valence-corrected chi connectivity index (χ0v) is 13.3. The second-order valence-electron chi connectivity index (χ2n) is 4.99. The molecule has 3 nitrogen and oxygen atoms in total. The highest BCUT2D eigenvalue weighted by atomic mass is 79.9. The van der Waals surface area contributed by atoms with E-state index >= 15 is 0 Å². The lowest BCUT2D eigenvalue weighted by Crippen LogP contribution is -2.06. The Balaban J connectivity index is 1.89. The Bertz CT molecular complexity index is 694. The molecule has 0 aromatic heterocycles. The molecule has 0 bridgehead atoms. The summed E-state index contributed by atoms with van der Waals surface area (Å²) in [5, 5.41) is 0. The van der Waals surface area contributed by atoms with Crippen molar-refractivity contribution >= 4 is 21.7 Å². The molecule has 0 amide bonds. The number of rotatable bonds is 4. The average Bonchev–Trinajstić information content (AvgIpc) is 2.94. The average molecular weight is 347 g/mol. The van der Waals surface area contributed by atoms with Gasteiger partial charge in [-0.05, 0) is 35.4 Å². The molecule has 108 valence electrons. The second kappa shape index (κ2) is 5.90. The minimum absolute atomic E-state index is 0.0581. The van der Waals surface area contributed by atoms with Crippen LogP contribution < -0.4 is 9.47 Å². The van der Waals surface area contributed by atoms with E-state index in [0.717, 1.165) is 33.5 Å². The largest absolute Gasteiger partial charge is 0.497 e. The van der Waals surface area contributed by atoms with Gasteiger partial charge >= 0.3 is 0 Å². The summed E-state index contributed by atoms with van der Waals surface area (Å²) in [6, 6.07) is 11.4. The fourth-order valence-electron chi connectivity index (χ4n) is 2.54. The van der Waals surface area contributed by atoms with Gasteiger partial charge < -0.3 is 9.47 Å². The van der Waals surface area contributed by atoms with E-state index in [9.17, 15) is 4.79 Å². The van der Waals surface area contributed by atoms with E-state index in [1.54, 1.807) is 7.11 Å². The van der Waals surface area contributed by atoms with Crippen LogP contribution in [0.2, 0.25) is 0 Å². The normalized spacial score (nSPS) is 12.7. The first kappa shape index (κ1) is 14.1. The van der Waals surface area contributed by atoms with Crippen molar-refractivity contribution in [1.82, 2.24) is 0 Å². The number of benzene rings is 2. The van der Waals surface area contributed by atoms with Crippen LogP contribution in [0.1, 0.15) is 21.5 Å². The minimum Gasteiger partial charge on any atom is -0.497 e. The maximum atomic E-state index is 12.6. The summed E-state index contributed by atoms with van der Waals surface area (Å²) >= 11 is 3.46. The van der Waals surface area contributed by atoms with Crippen LogP contribution in [0.4, 0.5) is 0 Å². The molecule has 0 unspecified atom stereocenters. The third-order valence-electron chi connectivity index (χ3n) is 3.55. The van der Waals surface area contributed by atoms with Crippen LogP contribution in [-0.2, 0) is 12.8 Å². The highest BCUT2D eigenvalue weighted by Crippen LogP contribution is 2.33. The van der Waals surface area contributed by atoms with Gasteiger partial charge in [0.05, 0.1) is 19.3 Å². The number of hydrogen-bond acceptors (Lipinski definition) is 3. The fraction of sp³-hybridized carbons (Fsp3) is 0.235. The Morgan fingerprint density at radius 3 is 3.00 bits per heavy atom. The van der Waals surface area contributed by atoms with E-state index < -0.39 is 0 Å². The molecule has 0 saturated carbocycles. The summed E-state index contributed by atoms with van der Waals surface area (Å²) in [4.78, 5) is 12.6. The van der Waals surface area contributed by atoms with Crippen LogP contribution in [-0.4, -0.2) is 19.5 Å². The van der Waals surface area contributed by atoms with E-state index in [1.165, 1.54) is 0 Å². The van der Waals surface area contributed by atoms with Crippen LogP contribution >= 0.6 is 15.9 Å². The molecule has 0 saturated heterocycles. The fourth-order valence-corrected chi connectivity index (χ4v) is 3.04. The molecule has 0 aliphatic carbocycles. The topological polar surface area (TPSA) is 35.5 Å². The van der Waals surface area contributed by atoms with Crippen LogP contribution in [0.5, 0.6) is 11.5 Å². The zero-order chi connectivity index (χ0) is 14.8. The standard InChI is InChI=1S/C17H15BrO3/c1-20-14-4-2-3-11(7-14)8-16(19)15-10-13(18)9-12-5-6-21-17(12)15/h2-4,7,9-10H,5-6,8H2,1H3. The molecule has 0 radical (unpaired) electrons. The predicted molar refractivity (Wildman–Crippen MR) is 84.4 cm³/mol. The molecule has 21 heavy (non-hydrogen) atoms. The molecule has 0 spiro atoms. The van der Waals surface area contributed by atoms with Gasteiger partial charge in [-0.2, -0.15) is 0 Å². The third-order valence-corrected chi connectivity index (χ3v) is 4.01. The number of Topliss-reactive ketones (excluding diaryl/α,β-unsaturated/α-hetero) is 1. The Labute approximate surface area is 132 Å². The summed E-state index contributed by atoms with van der Waals surface area (Å²) in [6.45, 7) is 0.644. The van der Waals surface area contributed by atoms with Crippen LogP contribution in [0.3, 0.4) is 0 Å². The first-order chi connectivity index (χ1) is 10.2. The minimum atomic E-state index is 0.0581. The number of methoxy groups -OCH3 is 1. The highest BCUT2D eigenvalue weighted by Gasteiger charge is 2.22. The number of carbonyl (C=O) groups is 1. The van der Waals surface area contributed by atoms with Crippen molar-refractivity contribution in [3.05, 3.63) is 57.6 Å². The monoisotopic (exact) mass is 346 g/mol. The maximum absolute atomic E-state index is 12.6. The van der Waals surface area contributed by atoms with E-state index in [2.05, 4.69) is 15.9 Å².